The van der Waals surface area contributed by atoms with Crippen LogP contribution in [-0.2, 0) is 4.79 Å². The molecule has 6 nitrogen and oxygen atoms in total. The molecule has 1 unspecified atom stereocenters. The standard InChI is InChI=1S/C23H43N5O/c1-3-24-23(25-15-9-16-27(2)21-12-5-4-6-13-21)26-20-14-17-28(18-20)22(29)19-10-7-8-11-19/h19-21H,3-18H2,1-2H3,(H2,24,25,26). The van der Waals surface area contributed by atoms with Gasteiger partial charge in [-0.05, 0) is 59.0 Å². The molecular weight excluding hydrogens is 362 g/mol. The smallest absolute Gasteiger partial charge is 0.225 e. The van der Waals surface area contributed by atoms with Gasteiger partial charge in [-0.2, -0.15) is 0 Å². The maximum Gasteiger partial charge on any atom is 0.225 e. The fraction of sp³-hybridized carbons (Fsp3) is 0.913. The molecule has 2 saturated carbocycles. The fourth-order valence-corrected chi connectivity index (χ4v) is 5.24. The topological polar surface area (TPSA) is 60.0 Å². The number of nitrogens with zero attached hydrogens (tertiary/aromatic N) is 3. The molecule has 2 N–H and O–H groups in total. The molecule has 0 radical (unpaired) electrons. The van der Waals surface area contributed by atoms with E-state index in [0.29, 0.717) is 11.9 Å². The summed E-state index contributed by atoms with van der Waals surface area (Å²) in [5.74, 6) is 1.59. The fourth-order valence-electron chi connectivity index (χ4n) is 5.24. The lowest BCUT2D eigenvalue weighted by Gasteiger charge is -2.31. The zero-order chi connectivity index (χ0) is 20.5. The molecule has 1 atom stereocenters. The molecule has 166 valence electrons. The van der Waals surface area contributed by atoms with E-state index >= 15 is 0 Å². The third kappa shape index (κ3) is 6.87. The van der Waals surface area contributed by atoms with E-state index in [1.807, 2.05) is 0 Å². The van der Waals surface area contributed by atoms with E-state index in [1.165, 1.54) is 44.9 Å². The molecule has 0 aromatic carbocycles. The van der Waals surface area contributed by atoms with Crippen LogP contribution in [0.3, 0.4) is 0 Å². The minimum Gasteiger partial charge on any atom is -0.357 e. The first-order valence-electron chi connectivity index (χ1n) is 12.2. The second kappa shape index (κ2) is 11.8. The van der Waals surface area contributed by atoms with Crippen molar-refractivity contribution in [2.75, 3.05) is 39.8 Å². The Balaban J connectivity index is 1.39. The average molecular weight is 406 g/mol. The number of hydrogen-bond acceptors (Lipinski definition) is 3. The van der Waals surface area contributed by atoms with Crippen molar-refractivity contribution < 1.29 is 4.79 Å². The van der Waals surface area contributed by atoms with E-state index in [0.717, 1.165) is 70.4 Å². The van der Waals surface area contributed by atoms with Crippen LogP contribution in [0.15, 0.2) is 4.99 Å². The van der Waals surface area contributed by atoms with Crippen LogP contribution in [0.5, 0.6) is 0 Å². The van der Waals surface area contributed by atoms with E-state index in [1.54, 1.807) is 0 Å². The molecule has 3 fully saturated rings. The monoisotopic (exact) mass is 405 g/mol. The van der Waals surface area contributed by atoms with Crippen LogP contribution in [0.1, 0.15) is 77.6 Å². The highest BCUT2D eigenvalue weighted by Gasteiger charge is 2.32. The quantitative estimate of drug-likeness (QED) is 0.370. The molecule has 1 amide bonds. The number of hydrogen-bond donors (Lipinski definition) is 2. The Hall–Kier alpha value is -1.30. The predicted octanol–water partition coefficient (Wildman–Crippen LogP) is 2.99. The highest BCUT2D eigenvalue weighted by atomic mass is 16.2. The SMILES string of the molecule is CCNC(=NCCCN(C)C1CCCCC1)NC1CCN(C(=O)C2CCCC2)C1. The molecule has 29 heavy (non-hydrogen) atoms. The Kier molecular flexibility index (Phi) is 9.09. The number of guanidine groups is 1. The third-order valence-corrected chi connectivity index (χ3v) is 7.03. The third-order valence-electron chi connectivity index (χ3n) is 7.03. The Morgan fingerprint density at radius 1 is 1.07 bits per heavy atom. The van der Waals surface area contributed by atoms with Crippen molar-refractivity contribution in [2.24, 2.45) is 10.9 Å². The van der Waals surface area contributed by atoms with Crippen LogP contribution in [0.25, 0.3) is 0 Å². The minimum atomic E-state index is 0.289. The van der Waals surface area contributed by atoms with Gasteiger partial charge in [0.15, 0.2) is 5.96 Å². The van der Waals surface area contributed by atoms with Crippen molar-refractivity contribution in [3.8, 4) is 0 Å². The summed E-state index contributed by atoms with van der Waals surface area (Å²) in [6, 6.07) is 1.10. The number of rotatable bonds is 8. The van der Waals surface area contributed by atoms with Crippen LogP contribution < -0.4 is 10.6 Å². The van der Waals surface area contributed by atoms with Gasteiger partial charge >= 0.3 is 0 Å². The number of carbonyl (C=O) groups is 1. The van der Waals surface area contributed by atoms with Gasteiger partial charge in [0.2, 0.25) is 5.91 Å². The van der Waals surface area contributed by atoms with E-state index in [9.17, 15) is 4.79 Å². The Labute approximate surface area is 177 Å². The lowest BCUT2D eigenvalue weighted by Crippen LogP contribution is -2.45. The maximum absolute atomic E-state index is 12.7. The van der Waals surface area contributed by atoms with Gasteiger partial charge in [0.25, 0.3) is 0 Å². The van der Waals surface area contributed by atoms with Crippen LogP contribution in [0.2, 0.25) is 0 Å². The lowest BCUT2D eigenvalue weighted by molar-refractivity contribution is -0.134. The zero-order valence-electron chi connectivity index (χ0n) is 18.8. The van der Waals surface area contributed by atoms with E-state index in [4.69, 9.17) is 4.99 Å². The first kappa shape index (κ1) is 22.4. The lowest BCUT2D eigenvalue weighted by atomic mass is 9.94. The molecule has 1 aliphatic heterocycles. The number of carbonyl (C=O) groups excluding carboxylic acids is 1. The van der Waals surface area contributed by atoms with Gasteiger partial charge in [-0.1, -0.05) is 32.1 Å². The number of likely N-dealkylation sites (tertiary alicyclic amines) is 1. The van der Waals surface area contributed by atoms with Gasteiger partial charge in [-0.25, -0.2) is 0 Å². The van der Waals surface area contributed by atoms with Crippen LogP contribution >= 0.6 is 0 Å². The highest BCUT2D eigenvalue weighted by Crippen LogP contribution is 2.27. The van der Waals surface area contributed by atoms with Gasteiger partial charge in [-0.15, -0.1) is 0 Å². The second-order valence-electron chi connectivity index (χ2n) is 9.28. The molecule has 0 aromatic heterocycles. The highest BCUT2D eigenvalue weighted by molar-refractivity contribution is 5.81. The molecular formula is C23H43N5O. The Morgan fingerprint density at radius 2 is 1.79 bits per heavy atom. The number of aliphatic imine (C=N–C) groups is 1. The first-order chi connectivity index (χ1) is 14.2. The van der Waals surface area contributed by atoms with E-state index < -0.39 is 0 Å². The number of amides is 1. The van der Waals surface area contributed by atoms with Gasteiger partial charge in [-0.3, -0.25) is 9.79 Å². The molecule has 0 aromatic rings. The summed E-state index contributed by atoms with van der Waals surface area (Å²) < 4.78 is 0. The Morgan fingerprint density at radius 3 is 2.52 bits per heavy atom. The normalized spacial score (nSPS) is 24.4. The van der Waals surface area contributed by atoms with E-state index in [-0.39, 0.29) is 5.92 Å². The summed E-state index contributed by atoms with van der Waals surface area (Å²) >= 11 is 0. The molecule has 6 heteroatoms. The summed E-state index contributed by atoms with van der Waals surface area (Å²) in [5.41, 5.74) is 0. The van der Waals surface area contributed by atoms with Crippen LogP contribution in [0, 0.1) is 5.92 Å². The molecule has 0 spiro atoms. The summed E-state index contributed by atoms with van der Waals surface area (Å²) in [4.78, 5) is 22.1. The summed E-state index contributed by atoms with van der Waals surface area (Å²) in [6.07, 6.45) is 13.7. The molecule has 1 saturated heterocycles. The van der Waals surface area contributed by atoms with Gasteiger partial charge in [0, 0.05) is 44.2 Å². The maximum atomic E-state index is 12.7. The molecule has 2 aliphatic carbocycles. The van der Waals surface area contributed by atoms with Crippen molar-refractivity contribution in [1.29, 1.82) is 0 Å². The van der Waals surface area contributed by atoms with Crippen molar-refractivity contribution in [3.63, 3.8) is 0 Å². The van der Waals surface area contributed by atoms with E-state index in [2.05, 4.69) is 34.4 Å². The predicted molar refractivity (Wildman–Crippen MR) is 120 cm³/mol. The van der Waals surface area contributed by atoms with Crippen LogP contribution in [0.4, 0.5) is 0 Å². The minimum absolute atomic E-state index is 0.289. The average Bonchev–Trinajstić information content (AvgIpc) is 3.43. The molecule has 3 rings (SSSR count). The first-order valence-corrected chi connectivity index (χ1v) is 12.2. The van der Waals surface area contributed by atoms with Gasteiger partial charge in [0.05, 0.1) is 0 Å². The number of nitrogens with one attached hydrogen (secondary N) is 2. The molecule has 1 heterocycles. The van der Waals surface area contributed by atoms with Gasteiger partial charge < -0.3 is 20.4 Å². The van der Waals surface area contributed by atoms with Crippen LogP contribution in [-0.4, -0.2) is 73.5 Å². The summed E-state index contributed by atoms with van der Waals surface area (Å²) in [7, 11) is 2.28. The molecule has 3 aliphatic rings. The summed E-state index contributed by atoms with van der Waals surface area (Å²) in [6.45, 7) is 6.66. The van der Waals surface area contributed by atoms with Crippen molar-refractivity contribution in [3.05, 3.63) is 0 Å². The van der Waals surface area contributed by atoms with Crippen molar-refractivity contribution >= 4 is 11.9 Å². The van der Waals surface area contributed by atoms with Crippen molar-refractivity contribution in [2.45, 2.75) is 89.6 Å². The van der Waals surface area contributed by atoms with Gasteiger partial charge in [0.1, 0.15) is 0 Å². The van der Waals surface area contributed by atoms with Crippen molar-refractivity contribution in [1.82, 2.24) is 20.4 Å². The largest absolute Gasteiger partial charge is 0.357 e. The Bertz CT molecular complexity index is 525. The second-order valence-corrected chi connectivity index (χ2v) is 9.28. The zero-order valence-corrected chi connectivity index (χ0v) is 18.8. The summed E-state index contributed by atoms with van der Waals surface area (Å²) in [5, 5.41) is 6.96. The molecule has 0 bridgehead atoms.